The van der Waals surface area contributed by atoms with Gasteiger partial charge in [0.1, 0.15) is 17.3 Å². The summed E-state index contributed by atoms with van der Waals surface area (Å²) in [6, 6.07) is 7.94. The van der Waals surface area contributed by atoms with E-state index in [0.717, 1.165) is 48.7 Å². The number of benzene rings is 1. The minimum atomic E-state index is -0.302. The number of aromatic amines is 1. The normalized spacial score (nSPS) is 18.5. The van der Waals surface area contributed by atoms with Crippen LogP contribution in [0.2, 0.25) is 0 Å². The third-order valence-corrected chi connectivity index (χ3v) is 6.19. The summed E-state index contributed by atoms with van der Waals surface area (Å²) in [5, 5.41) is 13.4. The molecule has 3 heterocycles. The van der Waals surface area contributed by atoms with Gasteiger partial charge in [0.25, 0.3) is 5.91 Å². The third-order valence-electron chi connectivity index (χ3n) is 6.19. The maximum absolute atomic E-state index is 12.7. The SMILES string of the molecule is COc1cc(CCc2cc(NC(=O)c3cnc(C4NCCN(C)C4C)nc3)n[nH]2)cc(OC)c1. The standard InChI is InChI=1S/C24H31N7O3/c1-15-22(25-7-8-31(15)2)23-26-13-17(14-27-23)24(32)28-21-11-18(29-30-21)6-5-16-9-19(33-3)12-20(10-16)34-4/h9-15,22,25H,5-8H2,1-4H3,(H2,28,29,30,32). The zero-order valence-corrected chi connectivity index (χ0v) is 20.0. The van der Waals surface area contributed by atoms with Gasteiger partial charge in [0.05, 0.1) is 25.8 Å². The number of aryl methyl sites for hydroxylation is 2. The van der Waals surface area contributed by atoms with Crippen LogP contribution in [0.15, 0.2) is 36.7 Å². The summed E-state index contributed by atoms with van der Waals surface area (Å²) in [4.78, 5) is 23.8. The minimum absolute atomic E-state index is 0.0364. The number of likely N-dealkylation sites (N-methyl/N-ethyl adjacent to an activating group) is 1. The van der Waals surface area contributed by atoms with Crippen LogP contribution in [0.1, 0.15) is 40.4 Å². The number of amides is 1. The Bertz CT molecular complexity index is 1090. The topological polar surface area (TPSA) is 117 Å². The van der Waals surface area contributed by atoms with Crippen molar-refractivity contribution in [3.8, 4) is 11.5 Å². The highest BCUT2D eigenvalue weighted by molar-refractivity contribution is 6.03. The van der Waals surface area contributed by atoms with Crippen LogP contribution in [-0.2, 0) is 12.8 Å². The van der Waals surface area contributed by atoms with Crippen LogP contribution in [0.3, 0.4) is 0 Å². The van der Waals surface area contributed by atoms with Gasteiger partial charge in [-0.25, -0.2) is 9.97 Å². The van der Waals surface area contributed by atoms with Crippen molar-refractivity contribution in [3.05, 3.63) is 59.3 Å². The van der Waals surface area contributed by atoms with E-state index in [1.807, 2.05) is 24.3 Å². The van der Waals surface area contributed by atoms with E-state index in [1.165, 1.54) is 0 Å². The van der Waals surface area contributed by atoms with Gasteiger partial charge in [0.15, 0.2) is 5.82 Å². The van der Waals surface area contributed by atoms with Gasteiger partial charge in [-0.1, -0.05) is 0 Å². The third kappa shape index (κ3) is 5.52. The maximum atomic E-state index is 12.7. The Labute approximate surface area is 199 Å². The molecule has 0 aliphatic carbocycles. The molecule has 0 radical (unpaired) electrons. The summed E-state index contributed by atoms with van der Waals surface area (Å²) >= 11 is 0. The average Bonchev–Trinajstić information content (AvgIpc) is 3.31. The number of H-pyrrole nitrogens is 1. The fourth-order valence-electron chi connectivity index (χ4n) is 3.98. The van der Waals surface area contributed by atoms with E-state index in [1.54, 1.807) is 26.6 Å². The van der Waals surface area contributed by atoms with Gasteiger partial charge in [-0.3, -0.25) is 9.89 Å². The first-order valence-electron chi connectivity index (χ1n) is 11.3. The quantitative estimate of drug-likeness (QED) is 0.464. The van der Waals surface area contributed by atoms with Crippen molar-refractivity contribution in [1.29, 1.82) is 0 Å². The molecule has 1 aromatic carbocycles. The van der Waals surface area contributed by atoms with Crippen molar-refractivity contribution in [2.45, 2.75) is 31.8 Å². The van der Waals surface area contributed by atoms with Crippen LogP contribution < -0.4 is 20.1 Å². The highest BCUT2D eigenvalue weighted by Gasteiger charge is 2.28. The molecule has 2 unspecified atom stereocenters. The van der Waals surface area contributed by atoms with Gasteiger partial charge in [-0.2, -0.15) is 5.10 Å². The van der Waals surface area contributed by atoms with E-state index in [2.05, 4.69) is 49.7 Å². The molecule has 0 spiro atoms. The number of methoxy groups -OCH3 is 2. The molecular weight excluding hydrogens is 434 g/mol. The van der Waals surface area contributed by atoms with E-state index < -0.39 is 0 Å². The van der Waals surface area contributed by atoms with Crippen molar-refractivity contribution >= 4 is 11.7 Å². The zero-order valence-electron chi connectivity index (χ0n) is 20.0. The molecule has 1 fully saturated rings. The van der Waals surface area contributed by atoms with Gasteiger partial charge < -0.3 is 25.0 Å². The fourth-order valence-corrected chi connectivity index (χ4v) is 3.98. The van der Waals surface area contributed by atoms with E-state index in [0.29, 0.717) is 17.2 Å². The first kappa shape index (κ1) is 23.7. The van der Waals surface area contributed by atoms with Crippen LogP contribution in [0.25, 0.3) is 0 Å². The van der Waals surface area contributed by atoms with E-state index in [9.17, 15) is 4.79 Å². The molecular formula is C24H31N7O3. The number of piperazine rings is 1. The molecule has 1 amide bonds. The number of rotatable bonds is 8. The summed E-state index contributed by atoms with van der Waals surface area (Å²) in [5.74, 6) is 2.34. The predicted molar refractivity (Wildman–Crippen MR) is 128 cm³/mol. The second kappa shape index (κ2) is 10.6. The molecule has 1 saturated heterocycles. The Kier molecular flexibility index (Phi) is 7.39. The van der Waals surface area contributed by atoms with Gasteiger partial charge in [-0.15, -0.1) is 0 Å². The lowest BCUT2D eigenvalue weighted by Gasteiger charge is -2.36. The van der Waals surface area contributed by atoms with E-state index >= 15 is 0 Å². The number of carbonyl (C=O) groups excluding carboxylic acids is 1. The Balaban J connectivity index is 1.34. The van der Waals surface area contributed by atoms with Crippen molar-refractivity contribution in [2.24, 2.45) is 0 Å². The number of anilines is 1. The van der Waals surface area contributed by atoms with Gasteiger partial charge in [-0.05, 0) is 44.5 Å². The molecule has 180 valence electrons. The molecule has 10 nitrogen and oxygen atoms in total. The number of nitrogens with zero attached hydrogens (tertiary/aromatic N) is 4. The van der Waals surface area contributed by atoms with Crippen molar-refractivity contribution in [1.82, 2.24) is 30.4 Å². The number of hydrogen-bond donors (Lipinski definition) is 3. The second-order valence-corrected chi connectivity index (χ2v) is 8.44. The van der Waals surface area contributed by atoms with Gasteiger partial charge in [0.2, 0.25) is 0 Å². The Hall–Kier alpha value is -3.50. The largest absolute Gasteiger partial charge is 0.497 e. The number of hydrogen-bond acceptors (Lipinski definition) is 8. The highest BCUT2D eigenvalue weighted by atomic mass is 16.5. The molecule has 1 aliphatic heterocycles. The van der Waals surface area contributed by atoms with Gasteiger partial charge in [0, 0.05) is 49.4 Å². The predicted octanol–water partition coefficient (Wildman–Crippen LogP) is 2.22. The van der Waals surface area contributed by atoms with Crippen LogP contribution in [0.4, 0.5) is 5.82 Å². The molecule has 10 heteroatoms. The molecule has 34 heavy (non-hydrogen) atoms. The first-order valence-corrected chi connectivity index (χ1v) is 11.3. The number of nitrogens with one attached hydrogen (secondary N) is 3. The second-order valence-electron chi connectivity index (χ2n) is 8.44. The Morgan fingerprint density at radius 2 is 1.82 bits per heavy atom. The summed E-state index contributed by atoms with van der Waals surface area (Å²) in [6.07, 6.45) is 4.61. The molecule has 0 saturated carbocycles. The van der Waals surface area contributed by atoms with Crippen molar-refractivity contribution < 1.29 is 14.3 Å². The van der Waals surface area contributed by atoms with Gasteiger partial charge >= 0.3 is 0 Å². The Morgan fingerprint density at radius 1 is 1.12 bits per heavy atom. The molecule has 2 aromatic heterocycles. The molecule has 0 bridgehead atoms. The maximum Gasteiger partial charge on any atom is 0.260 e. The average molecular weight is 466 g/mol. The summed E-state index contributed by atoms with van der Waals surface area (Å²) < 4.78 is 10.7. The zero-order chi connectivity index (χ0) is 24.1. The van der Waals surface area contributed by atoms with Crippen molar-refractivity contribution in [3.63, 3.8) is 0 Å². The summed E-state index contributed by atoms with van der Waals surface area (Å²) in [6.45, 7) is 4.00. The first-order chi connectivity index (χ1) is 16.5. The lowest BCUT2D eigenvalue weighted by atomic mass is 10.1. The number of aromatic nitrogens is 4. The molecule has 3 aromatic rings. The lowest BCUT2D eigenvalue weighted by Crippen LogP contribution is -2.50. The molecule has 4 rings (SSSR count). The molecule has 1 aliphatic rings. The number of ether oxygens (including phenoxy) is 2. The van der Waals surface area contributed by atoms with Crippen LogP contribution >= 0.6 is 0 Å². The summed E-state index contributed by atoms with van der Waals surface area (Å²) in [7, 11) is 5.35. The lowest BCUT2D eigenvalue weighted by molar-refractivity contribution is 0.102. The Morgan fingerprint density at radius 3 is 2.50 bits per heavy atom. The highest BCUT2D eigenvalue weighted by Crippen LogP contribution is 2.24. The van der Waals surface area contributed by atoms with Crippen LogP contribution in [-0.4, -0.2) is 71.4 Å². The fraction of sp³-hybridized carbons (Fsp3) is 0.417. The molecule has 3 N–H and O–H groups in total. The van der Waals surface area contributed by atoms with Crippen molar-refractivity contribution in [2.75, 3.05) is 39.7 Å². The summed E-state index contributed by atoms with van der Waals surface area (Å²) in [5.41, 5.74) is 2.38. The van der Waals surface area contributed by atoms with Crippen LogP contribution in [0, 0.1) is 0 Å². The smallest absolute Gasteiger partial charge is 0.260 e. The molecule has 2 atom stereocenters. The number of carbonyl (C=O) groups is 1. The van der Waals surface area contributed by atoms with E-state index in [4.69, 9.17) is 9.47 Å². The van der Waals surface area contributed by atoms with Crippen LogP contribution in [0.5, 0.6) is 11.5 Å². The monoisotopic (exact) mass is 465 g/mol. The van der Waals surface area contributed by atoms with E-state index in [-0.39, 0.29) is 18.0 Å². The minimum Gasteiger partial charge on any atom is -0.497 e.